The van der Waals surface area contributed by atoms with Crippen molar-refractivity contribution < 1.29 is 18.7 Å². The summed E-state index contributed by atoms with van der Waals surface area (Å²) in [4.78, 5) is 24.4. The van der Waals surface area contributed by atoms with Gasteiger partial charge in [0.2, 0.25) is 5.91 Å². The number of nitrogens with one attached hydrogen (secondary N) is 1. The van der Waals surface area contributed by atoms with E-state index in [0.29, 0.717) is 22.8 Å². The van der Waals surface area contributed by atoms with Crippen molar-refractivity contribution in [2.45, 2.75) is 13.1 Å². The van der Waals surface area contributed by atoms with Crippen LogP contribution in [-0.2, 0) is 17.9 Å². The lowest BCUT2D eigenvalue weighted by Crippen LogP contribution is -2.33. The van der Waals surface area contributed by atoms with Gasteiger partial charge in [0.05, 0.1) is 19.9 Å². The molecule has 2 aromatic carbocycles. The third-order valence-electron chi connectivity index (χ3n) is 4.25. The lowest BCUT2D eigenvalue weighted by molar-refractivity contribution is -0.122. The Kier molecular flexibility index (Phi) is 6.23. The second-order valence-corrected chi connectivity index (χ2v) is 6.18. The standard InChI is InChI=1S/C21H20FN3O4/c1-28-16-7-8-17(19(11-16)29-2)18-9-10-21(27)25(24-18)13-20(26)23-12-14-3-5-15(22)6-4-14/h3-11H,12-13H2,1-2H3,(H,23,26). The van der Waals surface area contributed by atoms with Gasteiger partial charge in [-0.2, -0.15) is 5.10 Å². The zero-order valence-electron chi connectivity index (χ0n) is 16.0. The van der Waals surface area contributed by atoms with Gasteiger partial charge in [-0.1, -0.05) is 12.1 Å². The Labute approximate surface area is 166 Å². The lowest BCUT2D eigenvalue weighted by Gasteiger charge is -2.12. The lowest BCUT2D eigenvalue weighted by atomic mass is 10.1. The number of benzene rings is 2. The Morgan fingerprint density at radius 3 is 2.52 bits per heavy atom. The fraction of sp³-hybridized carbons (Fsp3) is 0.190. The Balaban J connectivity index is 1.76. The Bertz CT molecular complexity index is 1060. The number of rotatable bonds is 7. The molecule has 0 bridgehead atoms. The highest BCUT2D eigenvalue weighted by atomic mass is 19.1. The number of ether oxygens (including phenoxy) is 2. The number of methoxy groups -OCH3 is 2. The molecule has 0 atom stereocenters. The van der Waals surface area contributed by atoms with Crippen molar-refractivity contribution in [3.63, 3.8) is 0 Å². The summed E-state index contributed by atoms with van der Waals surface area (Å²) in [6, 6.07) is 13.9. The third-order valence-corrected chi connectivity index (χ3v) is 4.25. The molecule has 1 heterocycles. The number of aromatic nitrogens is 2. The van der Waals surface area contributed by atoms with Gasteiger partial charge in [0.15, 0.2) is 0 Å². The molecule has 0 aliphatic rings. The topological polar surface area (TPSA) is 82.5 Å². The van der Waals surface area contributed by atoms with Gasteiger partial charge in [-0.15, -0.1) is 0 Å². The van der Waals surface area contributed by atoms with E-state index in [9.17, 15) is 14.0 Å². The van der Waals surface area contributed by atoms with Crippen molar-refractivity contribution in [1.82, 2.24) is 15.1 Å². The monoisotopic (exact) mass is 397 g/mol. The molecular weight excluding hydrogens is 377 g/mol. The number of carbonyl (C=O) groups excluding carboxylic acids is 1. The average Bonchev–Trinajstić information content (AvgIpc) is 2.74. The van der Waals surface area contributed by atoms with Crippen LogP contribution in [0.25, 0.3) is 11.3 Å². The smallest absolute Gasteiger partial charge is 0.267 e. The van der Waals surface area contributed by atoms with E-state index in [1.807, 2.05) is 0 Å². The number of amides is 1. The molecule has 150 valence electrons. The van der Waals surface area contributed by atoms with Crippen LogP contribution in [0.3, 0.4) is 0 Å². The Morgan fingerprint density at radius 2 is 1.83 bits per heavy atom. The fourth-order valence-electron chi connectivity index (χ4n) is 2.71. The van der Waals surface area contributed by atoms with Gasteiger partial charge in [-0.3, -0.25) is 9.59 Å². The van der Waals surface area contributed by atoms with E-state index < -0.39 is 5.56 Å². The molecule has 8 heteroatoms. The molecule has 7 nitrogen and oxygen atoms in total. The van der Waals surface area contributed by atoms with Crippen LogP contribution < -0.4 is 20.3 Å². The quantitative estimate of drug-likeness (QED) is 0.662. The van der Waals surface area contributed by atoms with Crippen molar-refractivity contribution >= 4 is 5.91 Å². The molecule has 1 N–H and O–H groups in total. The first-order valence-electron chi connectivity index (χ1n) is 8.82. The summed E-state index contributed by atoms with van der Waals surface area (Å²) in [5, 5.41) is 6.97. The molecule has 0 fully saturated rings. The van der Waals surface area contributed by atoms with Crippen LogP contribution in [0.2, 0.25) is 0 Å². The normalized spacial score (nSPS) is 10.4. The largest absolute Gasteiger partial charge is 0.497 e. The second kappa shape index (κ2) is 9.01. The molecule has 0 aliphatic heterocycles. The van der Waals surface area contributed by atoms with Gasteiger partial charge in [0.25, 0.3) is 5.56 Å². The minimum Gasteiger partial charge on any atom is -0.497 e. The van der Waals surface area contributed by atoms with E-state index in [4.69, 9.17) is 9.47 Å². The van der Waals surface area contributed by atoms with Crippen LogP contribution in [0.15, 0.2) is 59.4 Å². The highest BCUT2D eigenvalue weighted by Crippen LogP contribution is 2.31. The molecule has 1 amide bonds. The molecule has 0 unspecified atom stereocenters. The molecule has 29 heavy (non-hydrogen) atoms. The third kappa shape index (κ3) is 4.98. The molecule has 1 aromatic heterocycles. The van der Waals surface area contributed by atoms with E-state index in [1.165, 1.54) is 25.3 Å². The van der Waals surface area contributed by atoms with E-state index in [2.05, 4.69) is 10.4 Å². The van der Waals surface area contributed by atoms with E-state index in [0.717, 1.165) is 10.2 Å². The number of hydrogen-bond acceptors (Lipinski definition) is 5. The molecule has 3 aromatic rings. The first-order chi connectivity index (χ1) is 14.0. The van der Waals surface area contributed by atoms with E-state index >= 15 is 0 Å². The van der Waals surface area contributed by atoms with Gasteiger partial charge >= 0.3 is 0 Å². The average molecular weight is 397 g/mol. The SMILES string of the molecule is COc1ccc(-c2ccc(=O)n(CC(=O)NCc3ccc(F)cc3)n2)c(OC)c1. The number of carbonyl (C=O) groups is 1. The summed E-state index contributed by atoms with van der Waals surface area (Å²) in [5.41, 5.74) is 1.49. The molecule has 0 radical (unpaired) electrons. The summed E-state index contributed by atoms with van der Waals surface area (Å²) < 4.78 is 24.6. The van der Waals surface area contributed by atoms with Gasteiger partial charge in [-0.05, 0) is 35.9 Å². The molecule has 0 saturated carbocycles. The number of hydrogen-bond donors (Lipinski definition) is 1. The summed E-state index contributed by atoms with van der Waals surface area (Å²) in [6.07, 6.45) is 0. The number of nitrogens with zero attached hydrogens (tertiary/aromatic N) is 2. The predicted molar refractivity (Wildman–Crippen MR) is 105 cm³/mol. The van der Waals surface area contributed by atoms with Crippen LogP contribution in [0.4, 0.5) is 4.39 Å². The highest BCUT2D eigenvalue weighted by Gasteiger charge is 2.12. The first-order valence-corrected chi connectivity index (χ1v) is 8.82. The maximum Gasteiger partial charge on any atom is 0.267 e. The predicted octanol–water partition coefficient (Wildman–Crippen LogP) is 2.38. The van der Waals surface area contributed by atoms with Crippen LogP contribution >= 0.6 is 0 Å². The van der Waals surface area contributed by atoms with Crippen molar-refractivity contribution in [2.75, 3.05) is 14.2 Å². The van der Waals surface area contributed by atoms with Gasteiger partial charge < -0.3 is 14.8 Å². The summed E-state index contributed by atoms with van der Waals surface area (Å²) in [5.74, 6) is 0.422. The van der Waals surface area contributed by atoms with Crippen LogP contribution in [-0.4, -0.2) is 29.9 Å². The van der Waals surface area contributed by atoms with Gasteiger partial charge in [-0.25, -0.2) is 9.07 Å². The first kappa shape index (κ1) is 20.1. The summed E-state index contributed by atoms with van der Waals surface area (Å²) >= 11 is 0. The minimum absolute atomic E-state index is 0.222. The zero-order valence-corrected chi connectivity index (χ0v) is 16.0. The van der Waals surface area contributed by atoms with E-state index in [1.54, 1.807) is 43.5 Å². The van der Waals surface area contributed by atoms with Crippen LogP contribution in [0.5, 0.6) is 11.5 Å². The van der Waals surface area contributed by atoms with Crippen molar-refractivity contribution in [2.24, 2.45) is 0 Å². The van der Waals surface area contributed by atoms with Crippen molar-refractivity contribution in [1.29, 1.82) is 0 Å². The number of halogens is 1. The highest BCUT2D eigenvalue weighted by molar-refractivity contribution is 5.75. The fourth-order valence-corrected chi connectivity index (χ4v) is 2.71. The molecular formula is C21H20FN3O4. The molecule has 0 spiro atoms. The van der Waals surface area contributed by atoms with Gasteiger partial charge in [0.1, 0.15) is 23.9 Å². The molecule has 3 rings (SSSR count). The van der Waals surface area contributed by atoms with Crippen molar-refractivity contribution in [3.8, 4) is 22.8 Å². The molecule has 0 aliphatic carbocycles. The summed E-state index contributed by atoms with van der Waals surface area (Å²) in [7, 11) is 3.08. The van der Waals surface area contributed by atoms with E-state index in [-0.39, 0.29) is 24.8 Å². The Morgan fingerprint density at radius 1 is 1.07 bits per heavy atom. The maximum absolute atomic E-state index is 12.9. The van der Waals surface area contributed by atoms with Crippen LogP contribution in [0, 0.1) is 5.82 Å². The minimum atomic E-state index is -0.404. The molecule has 0 saturated heterocycles. The Hall–Kier alpha value is -3.68. The van der Waals surface area contributed by atoms with Crippen molar-refractivity contribution in [3.05, 3.63) is 76.3 Å². The zero-order chi connectivity index (χ0) is 20.8. The second-order valence-electron chi connectivity index (χ2n) is 6.18. The maximum atomic E-state index is 12.9. The summed E-state index contributed by atoms with van der Waals surface area (Å²) in [6.45, 7) is -0.0216. The van der Waals surface area contributed by atoms with Gasteiger partial charge in [0, 0.05) is 24.2 Å². The van der Waals surface area contributed by atoms with Crippen LogP contribution in [0.1, 0.15) is 5.56 Å².